The zero-order chi connectivity index (χ0) is 14.9. The summed E-state index contributed by atoms with van der Waals surface area (Å²) in [6, 6.07) is 12.4. The van der Waals surface area contributed by atoms with E-state index in [4.69, 9.17) is 0 Å². The lowest BCUT2D eigenvalue weighted by atomic mass is 10.2. The van der Waals surface area contributed by atoms with Gasteiger partial charge >= 0.3 is 0 Å². The van der Waals surface area contributed by atoms with Crippen LogP contribution in [0.3, 0.4) is 0 Å². The van der Waals surface area contributed by atoms with Crippen molar-refractivity contribution in [3.05, 3.63) is 48.2 Å². The Hall–Kier alpha value is -2.10. The Bertz CT molecular complexity index is 527. The minimum absolute atomic E-state index is 0.715. The summed E-state index contributed by atoms with van der Waals surface area (Å²) in [6.45, 7) is 7.03. The number of benzene rings is 1. The molecule has 0 spiro atoms. The van der Waals surface area contributed by atoms with Crippen molar-refractivity contribution in [2.24, 2.45) is 0 Å². The van der Waals surface area contributed by atoms with E-state index in [1.807, 2.05) is 18.3 Å². The van der Waals surface area contributed by atoms with Gasteiger partial charge in [-0.15, -0.1) is 0 Å². The maximum absolute atomic E-state index is 4.62. The van der Waals surface area contributed by atoms with Gasteiger partial charge in [-0.1, -0.05) is 43.7 Å². The summed E-state index contributed by atoms with van der Waals surface area (Å²) in [6.07, 6.45) is 4.13. The normalized spacial score (nSPS) is 10.4. The molecule has 0 fully saturated rings. The molecular weight excluding hydrogens is 260 g/mol. The first-order chi connectivity index (χ1) is 10.3. The average Bonchev–Trinajstić information content (AvgIpc) is 2.54. The van der Waals surface area contributed by atoms with E-state index < -0.39 is 0 Å². The van der Waals surface area contributed by atoms with Crippen LogP contribution in [-0.2, 0) is 6.54 Å². The van der Waals surface area contributed by atoms with Crippen molar-refractivity contribution in [1.29, 1.82) is 0 Å². The second-order valence-electron chi connectivity index (χ2n) is 5.02. The molecule has 0 radical (unpaired) electrons. The first kappa shape index (κ1) is 15.3. The van der Waals surface area contributed by atoms with Crippen molar-refractivity contribution in [2.45, 2.75) is 33.2 Å². The van der Waals surface area contributed by atoms with E-state index in [0.717, 1.165) is 31.9 Å². The van der Waals surface area contributed by atoms with Gasteiger partial charge in [-0.05, 0) is 25.0 Å². The molecule has 4 heteroatoms. The third kappa shape index (κ3) is 4.74. The van der Waals surface area contributed by atoms with E-state index in [1.165, 1.54) is 12.0 Å². The van der Waals surface area contributed by atoms with Gasteiger partial charge in [-0.3, -0.25) is 0 Å². The highest BCUT2D eigenvalue weighted by molar-refractivity contribution is 5.43. The number of rotatable bonds is 8. The van der Waals surface area contributed by atoms with E-state index in [0.29, 0.717) is 5.95 Å². The Morgan fingerprint density at radius 2 is 1.90 bits per heavy atom. The number of unbranched alkanes of at least 4 members (excludes halogenated alkanes) is 1. The number of nitrogens with zero attached hydrogens (tertiary/aromatic N) is 3. The van der Waals surface area contributed by atoms with Crippen molar-refractivity contribution < 1.29 is 0 Å². The standard InChI is InChI=1S/C17H24N4/c1-3-5-12-18-17-19-13-11-16(20-17)21(4-2)14-15-9-7-6-8-10-15/h6-11,13H,3-5,12,14H2,1-2H3,(H,18,19,20). The van der Waals surface area contributed by atoms with Crippen LogP contribution in [0.2, 0.25) is 0 Å². The van der Waals surface area contributed by atoms with Gasteiger partial charge in [0, 0.05) is 25.8 Å². The summed E-state index contributed by atoms with van der Waals surface area (Å²) < 4.78 is 0. The van der Waals surface area contributed by atoms with Crippen LogP contribution in [0, 0.1) is 0 Å². The van der Waals surface area contributed by atoms with Crippen LogP contribution in [0.25, 0.3) is 0 Å². The van der Waals surface area contributed by atoms with Gasteiger partial charge in [0.2, 0.25) is 5.95 Å². The van der Waals surface area contributed by atoms with Crippen LogP contribution in [0.15, 0.2) is 42.6 Å². The number of hydrogen-bond acceptors (Lipinski definition) is 4. The molecule has 0 unspecified atom stereocenters. The summed E-state index contributed by atoms with van der Waals surface area (Å²) in [7, 11) is 0. The van der Waals surface area contributed by atoms with Crippen LogP contribution in [0.5, 0.6) is 0 Å². The monoisotopic (exact) mass is 284 g/mol. The fraction of sp³-hybridized carbons (Fsp3) is 0.412. The largest absolute Gasteiger partial charge is 0.354 e. The minimum atomic E-state index is 0.715. The lowest BCUT2D eigenvalue weighted by Crippen LogP contribution is -2.23. The first-order valence-electron chi connectivity index (χ1n) is 7.69. The van der Waals surface area contributed by atoms with Crippen molar-refractivity contribution >= 4 is 11.8 Å². The molecule has 0 aliphatic carbocycles. The van der Waals surface area contributed by atoms with Crippen molar-refractivity contribution in [2.75, 3.05) is 23.3 Å². The zero-order valence-corrected chi connectivity index (χ0v) is 12.9. The van der Waals surface area contributed by atoms with Crippen molar-refractivity contribution in [3.63, 3.8) is 0 Å². The second kappa shape index (κ2) is 8.25. The zero-order valence-electron chi connectivity index (χ0n) is 12.9. The maximum Gasteiger partial charge on any atom is 0.224 e. The van der Waals surface area contributed by atoms with E-state index >= 15 is 0 Å². The van der Waals surface area contributed by atoms with Gasteiger partial charge in [0.05, 0.1) is 0 Å². The highest BCUT2D eigenvalue weighted by atomic mass is 15.2. The van der Waals surface area contributed by atoms with Crippen LogP contribution in [0.1, 0.15) is 32.3 Å². The summed E-state index contributed by atoms with van der Waals surface area (Å²) in [4.78, 5) is 11.2. The van der Waals surface area contributed by atoms with Crippen LogP contribution in [0.4, 0.5) is 11.8 Å². The van der Waals surface area contributed by atoms with Gasteiger partial charge < -0.3 is 10.2 Å². The lowest BCUT2D eigenvalue weighted by Gasteiger charge is -2.22. The number of aromatic nitrogens is 2. The molecule has 2 aromatic rings. The third-order valence-corrected chi connectivity index (χ3v) is 3.38. The molecule has 0 atom stereocenters. The lowest BCUT2D eigenvalue weighted by molar-refractivity contribution is 0.802. The maximum atomic E-state index is 4.62. The summed E-state index contributed by atoms with van der Waals surface area (Å²) in [5.41, 5.74) is 1.29. The summed E-state index contributed by atoms with van der Waals surface area (Å²) in [5, 5.41) is 3.28. The molecular formula is C17H24N4. The van der Waals surface area contributed by atoms with Gasteiger partial charge in [-0.25, -0.2) is 4.98 Å². The van der Waals surface area contributed by atoms with Gasteiger partial charge in [0.1, 0.15) is 5.82 Å². The Morgan fingerprint density at radius 1 is 1.10 bits per heavy atom. The number of nitrogens with one attached hydrogen (secondary N) is 1. The van der Waals surface area contributed by atoms with E-state index in [1.54, 1.807) is 0 Å². The third-order valence-electron chi connectivity index (χ3n) is 3.38. The van der Waals surface area contributed by atoms with Gasteiger partial charge in [0.15, 0.2) is 0 Å². The minimum Gasteiger partial charge on any atom is -0.354 e. The molecule has 2 rings (SSSR count). The predicted molar refractivity (Wildman–Crippen MR) is 88.6 cm³/mol. The van der Waals surface area contributed by atoms with Crippen LogP contribution in [-0.4, -0.2) is 23.1 Å². The molecule has 0 aliphatic heterocycles. The molecule has 1 heterocycles. The first-order valence-corrected chi connectivity index (χ1v) is 7.69. The SMILES string of the molecule is CCCCNc1nccc(N(CC)Cc2ccccc2)n1. The molecule has 0 saturated heterocycles. The molecule has 4 nitrogen and oxygen atoms in total. The van der Waals surface area contributed by atoms with E-state index in [2.05, 4.69) is 58.3 Å². The Balaban J connectivity index is 2.05. The molecule has 1 aromatic carbocycles. The van der Waals surface area contributed by atoms with E-state index in [9.17, 15) is 0 Å². The Kier molecular flexibility index (Phi) is 6.00. The van der Waals surface area contributed by atoms with Crippen LogP contribution >= 0.6 is 0 Å². The number of hydrogen-bond donors (Lipinski definition) is 1. The van der Waals surface area contributed by atoms with Crippen LogP contribution < -0.4 is 10.2 Å². The highest BCUT2D eigenvalue weighted by Gasteiger charge is 2.08. The Labute approximate surface area is 127 Å². The highest BCUT2D eigenvalue weighted by Crippen LogP contribution is 2.15. The predicted octanol–water partition coefficient (Wildman–Crippen LogP) is 3.72. The van der Waals surface area contributed by atoms with E-state index in [-0.39, 0.29) is 0 Å². The molecule has 0 saturated carbocycles. The fourth-order valence-corrected chi connectivity index (χ4v) is 2.15. The number of anilines is 2. The topological polar surface area (TPSA) is 41.1 Å². The molecule has 1 N–H and O–H groups in total. The van der Waals surface area contributed by atoms with Crippen molar-refractivity contribution in [1.82, 2.24) is 9.97 Å². The summed E-state index contributed by atoms with van der Waals surface area (Å²) >= 11 is 0. The molecule has 21 heavy (non-hydrogen) atoms. The van der Waals surface area contributed by atoms with Gasteiger partial charge in [-0.2, -0.15) is 4.98 Å². The Morgan fingerprint density at radius 3 is 2.62 bits per heavy atom. The quantitative estimate of drug-likeness (QED) is 0.750. The smallest absolute Gasteiger partial charge is 0.224 e. The molecule has 0 aliphatic rings. The fourth-order valence-electron chi connectivity index (χ4n) is 2.15. The van der Waals surface area contributed by atoms with Gasteiger partial charge in [0.25, 0.3) is 0 Å². The second-order valence-corrected chi connectivity index (χ2v) is 5.02. The average molecular weight is 284 g/mol. The molecule has 0 bridgehead atoms. The molecule has 112 valence electrons. The molecule has 0 amide bonds. The van der Waals surface area contributed by atoms with Crippen molar-refractivity contribution in [3.8, 4) is 0 Å². The summed E-state index contributed by atoms with van der Waals surface area (Å²) in [5.74, 6) is 1.68. The molecule has 1 aromatic heterocycles.